The van der Waals surface area contributed by atoms with Crippen molar-refractivity contribution in [1.82, 2.24) is 5.32 Å². The Labute approximate surface area is 166 Å². The van der Waals surface area contributed by atoms with Crippen molar-refractivity contribution >= 4 is 11.9 Å². The van der Waals surface area contributed by atoms with Crippen LogP contribution in [0.1, 0.15) is 103 Å². The number of carbonyl (C=O) groups is 2. The first-order valence-corrected chi connectivity index (χ1v) is 11.0. The van der Waals surface area contributed by atoms with Gasteiger partial charge in [-0.2, -0.15) is 0 Å². The van der Waals surface area contributed by atoms with Gasteiger partial charge in [0.05, 0.1) is 0 Å². The second kappa shape index (κ2) is 19.4. The van der Waals surface area contributed by atoms with Gasteiger partial charge in [-0.05, 0) is 38.5 Å². The van der Waals surface area contributed by atoms with Crippen LogP contribution in [0.5, 0.6) is 0 Å². The molecule has 5 nitrogen and oxygen atoms in total. The molecule has 5 heteroatoms. The molecule has 0 aromatic rings. The topological polar surface area (TPSA) is 92.4 Å². The van der Waals surface area contributed by atoms with E-state index >= 15 is 0 Å². The van der Waals surface area contributed by atoms with Crippen LogP contribution < -0.4 is 11.1 Å². The lowest BCUT2D eigenvalue weighted by Gasteiger charge is -2.06. The van der Waals surface area contributed by atoms with Gasteiger partial charge in [-0.1, -0.05) is 70.4 Å². The largest absolute Gasteiger partial charge is 0.480 e. The van der Waals surface area contributed by atoms with E-state index in [0.29, 0.717) is 25.8 Å². The van der Waals surface area contributed by atoms with Gasteiger partial charge in [0.15, 0.2) is 0 Å². The monoisotopic (exact) mass is 382 g/mol. The number of allylic oxidation sites excluding steroid dienone is 2. The molecule has 1 atom stereocenters. The SMILES string of the molecule is CCCCCCCCCCC/C=C/CCC(=O)NCCCC[C@H](N)C(=O)O. The molecule has 0 aliphatic heterocycles. The van der Waals surface area contributed by atoms with Crippen LogP contribution in [0.2, 0.25) is 0 Å². The summed E-state index contributed by atoms with van der Waals surface area (Å²) in [7, 11) is 0. The second-order valence-corrected chi connectivity index (χ2v) is 7.42. The average molecular weight is 383 g/mol. The Morgan fingerprint density at radius 1 is 0.889 bits per heavy atom. The molecular formula is C22H42N2O3. The van der Waals surface area contributed by atoms with Crippen molar-refractivity contribution < 1.29 is 14.7 Å². The number of hydrogen-bond donors (Lipinski definition) is 3. The van der Waals surface area contributed by atoms with Crippen LogP contribution in [0.15, 0.2) is 12.2 Å². The van der Waals surface area contributed by atoms with E-state index in [2.05, 4.69) is 24.4 Å². The summed E-state index contributed by atoms with van der Waals surface area (Å²) >= 11 is 0. The molecular weight excluding hydrogens is 340 g/mol. The molecule has 0 aliphatic carbocycles. The Kier molecular flexibility index (Phi) is 18.4. The summed E-state index contributed by atoms with van der Waals surface area (Å²) in [4.78, 5) is 22.3. The lowest BCUT2D eigenvalue weighted by Crippen LogP contribution is -2.30. The first kappa shape index (κ1) is 25.6. The minimum absolute atomic E-state index is 0.0604. The zero-order valence-corrected chi connectivity index (χ0v) is 17.4. The summed E-state index contributed by atoms with van der Waals surface area (Å²) in [6, 6.07) is -0.795. The highest BCUT2D eigenvalue weighted by Crippen LogP contribution is 2.10. The number of carboxylic acid groups (broad SMARTS) is 1. The highest BCUT2D eigenvalue weighted by atomic mass is 16.4. The van der Waals surface area contributed by atoms with E-state index in [1.165, 1.54) is 57.8 Å². The van der Waals surface area contributed by atoms with Crippen molar-refractivity contribution in [3.05, 3.63) is 12.2 Å². The minimum Gasteiger partial charge on any atom is -0.480 e. The van der Waals surface area contributed by atoms with E-state index in [4.69, 9.17) is 10.8 Å². The predicted octanol–water partition coefficient (Wildman–Crippen LogP) is 4.94. The number of rotatable bonds is 19. The van der Waals surface area contributed by atoms with Crippen molar-refractivity contribution in [1.29, 1.82) is 0 Å². The Hall–Kier alpha value is -1.36. The molecule has 0 saturated carbocycles. The van der Waals surface area contributed by atoms with Crippen LogP contribution in [-0.2, 0) is 9.59 Å². The molecule has 1 amide bonds. The summed E-state index contributed by atoms with van der Waals surface area (Å²) in [6.07, 6.45) is 20.8. The van der Waals surface area contributed by atoms with Gasteiger partial charge in [-0.15, -0.1) is 0 Å². The van der Waals surface area contributed by atoms with Gasteiger partial charge >= 0.3 is 5.97 Å². The highest BCUT2D eigenvalue weighted by molar-refractivity contribution is 5.75. The van der Waals surface area contributed by atoms with Crippen molar-refractivity contribution in [2.45, 2.75) is 109 Å². The molecule has 0 fully saturated rings. The lowest BCUT2D eigenvalue weighted by molar-refractivity contribution is -0.138. The Bertz CT molecular complexity index is 397. The van der Waals surface area contributed by atoms with Crippen LogP contribution in [-0.4, -0.2) is 29.6 Å². The van der Waals surface area contributed by atoms with E-state index in [1.807, 2.05) is 0 Å². The van der Waals surface area contributed by atoms with Crippen molar-refractivity contribution in [2.75, 3.05) is 6.54 Å². The van der Waals surface area contributed by atoms with Gasteiger partial charge in [0, 0.05) is 13.0 Å². The lowest BCUT2D eigenvalue weighted by atomic mass is 10.1. The normalized spacial score (nSPS) is 12.4. The fourth-order valence-corrected chi connectivity index (χ4v) is 2.95. The third-order valence-corrected chi connectivity index (χ3v) is 4.76. The summed E-state index contributed by atoms with van der Waals surface area (Å²) in [5.41, 5.74) is 5.43. The molecule has 0 spiro atoms. The maximum Gasteiger partial charge on any atom is 0.320 e. The van der Waals surface area contributed by atoms with Crippen LogP contribution in [0, 0.1) is 0 Å². The van der Waals surface area contributed by atoms with Crippen LogP contribution in [0.4, 0.5) is 0 Å². The molecule has 0 saturated heterocycles. The first-order valence-electron chi connectivity index (χ1n) is 11.0. The molecule has 27 heavy (non-hydrogen) atoms. The summed E-state index contributed by atoms with van der Waals surface area (Å²) in [5, 5.41) is 11.5. The van der Waals surface area contributed by atoms with Gasteiger partial charge in [0.1, 0.15) is 6.04 Å². The number of nitrogens with one attached hydrogen (secondary N) is 1. The van der Waals surface area contributed by atoms with E-state index in [9.17, 15) is 9.59 Å². The maximum absolute atomic E-state index is 11.7. The summed E-state index contributed by atoms with van der Waals surface area (Å²) in [6.45, 7) is 2.84. The maximum atomic E-state index is 11.7. The van der Waals surface area contributed by atoms with Crippen LogP contribution in [0.3, 0.4) is 0 Å². The Morgan fingerprint density at radius 3 is 2.11 bits per heavy atom. The van der Waals surface area contributed by atoms with E-state index in [-0.39, 0.29) is 5.91 Å². The van der Waals surface area contributed by atoms with E-state index in [1.54, 1.807) is 0 Å². The van der Waals surface area contributed by atoms with Gasteiger partial charge in [0.2, 0.25) is 5.91 Å². The fraction of sp³-hybridized carbons (Fsp3) is 0.818. The number of carbonyl (C=O) groups excluding carboxylic acids is 1. The van der Waals surface area contributed by atoms with E-state index in [0.717, 1.165) is 19.3 Å². The molecule has 0 aliphatic rings. The molecule has 158 valence electrons. The number of carboxylic acids is 1. The van der Waals surface area contributed by atoms with Gasteiger partial charge in [-0.3, -0.25) is 9.59 Å². The predicted molar refractivity (Wildman–Crippen MR) is 113 cm³/mol. The fourth-order valence-electron chi connectivity index (χ4n) is 2.95. The molecule has 0 aromatic heterocycles. The first-order chi connectivity index (χ1) is 13.1. The van der Waals surface area contributed by atoms with Gasteiger partial charge in [0.25, 0.3) is 0 Å². The van der Waals surface area contributed by atoms with Crippen molar-refractivity contribution in [3.63, 3.8) is 0 Å². The van der Waals surface area contributed by atoms with Gasteiger partial charge < -0.3 is 16.2 Å². The average Bonchev–Trinajstić information content (AvgIpc) is 2.64. The third-order valence-electron chi connectivity index (χ3n) is 4.76. The van der Waals surface area contributed by atoms with Crippen molar-refractivity contribution in [3.8, 4) is 0 Å². The Balaban J connectivity index is 3.33. The Morgan fingerprint density at radius 2 is 1.48 bits per heavy atom. The second-order valence-electron chi connectivity index (χ2n) is 7.42. The van der Waals surface area contributed by atoms with E-state index < -0.39 is 12.0 Å². The number of unbranched alkanes of at least 4 members (excludes halogenated alkanes) is 10. The zero-order valence-electron chi connectivity index (χ0n) is 17.4. The van der Waals surface area contributed by atoms with Gasteiger partial charge in [-0.25, -0.2) is 0 Å². The molecule has 0 heterocycles. The number of aliphatic carboxylic acids is 1. The third kappa shape index (κ3) is 19.2. The molecule has 4 N–H and O–H groups in total. The smallest absolute Gasteiger partial charge is 0.320 e. The zero-order chi connectivity index (χ0) is 20.2. The standard InChI is InChI=1S/C22H42N2O3/c1-2-3-4-5-6-7-8-9-10-11-12-13-14-18-21(25)24-19-16-15-17-20(23)22(26)27/h12-13,20H,2-11,14-19,23H2,1H3,(H,24,25)(H,26,27)/b13-12+/t20-/m0/s1. The van der Waals surface area contributed by atoms with Crippen LogP contribution >= 0.6 is 0 Å². The number of nitrogens with two attached hydrogens (primary N) is 1. The molecule has 0 bridgehead atoms. The molecule has 0 radical (unpaired) electrons. The summed E-state index contributed by atoms with van der Waals surface area (Å²) < 4.78 is 0. The number of amides is 1. The summed E-state index contributed by atoms with van der Waals surface area (Å²) in [5.74, 6) is -0.904. The number of hydrogen-bond acceptors (Lipinski definition) is 3. The van der Waals surface area contributed by atoms with Crippen LogP contribution in [0.25, 0.3) is 0 Å². The molecule has 0 unspecified atom stereocenters. The minimum atomic E-state index is -0.965. The molecule has 0 rings (SSSR count). The van der Waals surface area contributed by atoms with Crippen molar-refractivity contribution in [2.24, 2.45) is 5.73 Å². The molecule has 0 aromatic carbocycles. The quantitative estimate of drug-likeness (QED) is 0.218. The highest BCUT2D eigenvalue weighted by Gasteiger charge is 2.10.